The Hall–Kier alpha value is -1.26. The van der Waals surface area contributed by atoms with E-state index >= 15 is 0 Å². The summed E-state index contributed by atoms with van der Waals surface area (Å²) < 4.78 is 25.1. The number of rotatable bonds is 3. The van der Waals surface area contributed by atoms with Gasteiger partial charge in [-0.3, -0.25) is 9.48 Å². The van der Waals surface area contributed by atoms with Gasteiger partial charge in [-0.2, -0.15) is 5.10 Å². The molecule has 0 radical (unpaired) electrons. The molecule has 0 saturated heterocycles. The van der Waals surface area contributed by atoms with Crippen LogP contribution in [-0.2, 0) is 6.54 Å². The van der Waals surface area contributed by atoms with Crippen LogP contribution >= 0.6 is 0 Å². The molecule has 0 amide bonds. The summed E-state index contributed by atoms with van der Waals surface area (Å²) in [4.78, 5) is 10.5. The summed E-state index contributed by atoms with van der Waals surface area (Å²) >= 11 is 0. The maximum absolute atomic E-state index is 12.0. The standard InChI is InChI=1S/C8H10F2N2O/c1-5-7(4-13)6(2)12(11-5)3-8(9)10/h4,8H,3H2,1-2H3. The van der Waals surface area contributed by atoms with Gasteiger partial charge in [0.05, 0.1) is 11.3 Å². The average molecular weight is 188 g/mol. The summed E-state index contributed by atoms with van der Waals surface area (Å²) in [5, 5.41) is 3.83. The molecule has 0 atom stereocenters. The number of aromatic nitrogens is 2. The van der Waals surface area contributed by atoms with Crippen molar-refractivity contribution in [1.82, 2.24) is 9.78 Å². The van der Waals surface area contributed by atoms with Gasteiger partial charge >= 0.3 is 0 Å². The zero-order valence-electron chi connectivity index (χ0n) is 7.42. The first-order valence-corrected chi connectivity index (χ1v) is 3.83. The molecule has 1 heterocycles. The number of carbonyl (C=O) groups is 1. The van der Waals surface area contributed by atoms with Crippen LogP contribution in [0.4, 0.5) is 8.78 Å². The Morgan fingerprint density at radius 2 is 2.15 bits per heavy atom. The second-order valence-corrected chi connectivity index (χ2v) is 2.78. The maximum Gasteiger partial charge on any atom is 0.257 e. The van der Waals surface area contributed by atoms with Crippen LogP contribution < -0.4 is 0 Å². The van der Waals surface area contributed by atoms with Crippen molar-refractivity contribution in [3.8, 4) is 0 Å². The maximum atomic E-state index is 12.0. The van der Waals surface area contributed by atoms with Gasteiger partial charge in [-0.15, -0.1) is 0 Å². The Morgan fingerprint density at radius 3 is 2.54 bits per heavy atom. The monoisotopic (exact) mass is 188 g/mol. The molecule has 0 aliphatic rings. The van der Waals surface area contributed by atoms with E-state index in [0.717, 1.165) is 4.68 Å². The molecule has 0 aliphatic carbocycles. The summed E-state index contributed by atoms with van der Waals surface area (Å²) in [5.41, 5.74) is 1.39. The molecule has 0 spiro atoms. The highest BCUT2D eigenvalue weighted by Crippen LogP contribution is 2.11. The van der Waals surface area contributed by atoms with Crippen LogP contribution in [0.5, 0.6) is 0 Å². The normalized spacial score (nSPS) is 10.8. The summed E-state index contributed by atoms with van der Waals surface area (Å²) in [6.45, 7) is 2.77. The largest absolute Gasteiger partial charge is 0.298 e. The zero-order chi connectivity index (χ0) is 10.0. The number of hydrogen-bond donors (Lipinski definition) is 0. The number of alkyl halides is 2. The molecular weight excluding hydrogens is 178 g/mol. The average Bonchev–Trinajstić information content (AvgIpc) is 2.26. The van der Waals surface area contributed by atoms with E-state index in [9.17, 15) is 13.6 Å². The van der Waals surface area contributed by atoms with Gasteiger partial charge in [-0.1, -0.05) is 0 Å². The molecule has 3 nitrogen and oxygen atoms in total. The lowest BCUT2D eigenvalue weighted by atomic mass is 10.2. The molecule has 0 aliphatic heterocycles. The third-order valence-corrected chi connectivity index (χ3v) is 1.87. The predicted octanol–water partition coefficient (Wildman–Crippen LogP) is 1.58. The van der Waals surface area contributed by atoms with E-state index in [1.807, 2.05) is 0 Å². The minimum atomic E-state index is -2.45. The van der Waals surface area contributed by atoms with E-state index in [2.05, 4.69) is 5.10 Å². The molecule has 0 N–H and O–H groups in total. The number of nitrogens with zero attached hydrogens (tertiary/aromatic N) is 2. The highest BCUT2D eigenvalue weighted by Gasteiger charge is 2.13. The van der Waals surface area contributed by atoms with Crippen molar-refractivity contribution in [1.29, 1.82) is 0 Å². The first-order chi connectivity index (χ1) is 6.06. The zero-order valence-corrected chi connectivity index (χ0v) is 7.42. The molecular formula is C8H10F2N2O. The van der Waals surface area contributed by atoms with Crippen LogP contribution in [0.15, 0.2) is 0 Å². The lowest BCUT2D eigenvalue weighted by Crippen LogP contribution is -2.09. The highest BCUT2D eigenvalue weighted by atomic mass is 19.3. The number of hydrogen-bond acceptors (Lipinski definition) is 2. The van der Waals surface area contributed by atoms with Crippen molar-refractivity contribution in [3.05, 3.63) is 17.0 Å². The van der Waals surface area contributed by atoms with Gasteiger partial charge in [0.25, 0.3) is 6.43 Å². The second-order valence-electron chi connectivity index (χ2n) is 2.78. The van der Waals surface area contributed by atoms with Crippen LogP contribution in [0, 0.1) is 13.8 Å². The summed E-state index contributed by atoms with van der Waals surface area (Å²) in [5.74, 6) is 0. The molecule has 5 heteroatoms. The van der Waals surface area contributed by atoms with Crippen LogP contribution in [0.1, 0.15) is 21.7 Å². The van der Waals surface area contributed by atoms with Crippen molar-refractivity contribution < 1.29 is 13.6 Å². The van der Waals surface area contributed by atoms with Crippen molar-refractivity contribution in [2.24, 2.45) is 0 Å². The van der Waals surface area contributed by atoms with E-state index in [1.165, 1.54) is 0 Å². The van der Waals surface area contributed by atoms with Gasteiger partial charge in [0, 0.05) is 5.69 Å². The summed E-state index contributed by atoms with van der Waals surface area (Å²) in [6, 6.07) is 0. The lowest BCUT2D eigenvalue weighted by molar-refractivity contribution is 0.111. The van der Waals surface area contributed by atoms with Crippen LogP contribution in [-0.4, -0.2) is 22.5 Å². The molecule has 0 aromatic carbocycles. The molecule has 0 unspecified atom stereocenters. The van der Waals surface area contributed by atoms with E-state index in [-0.39, 0.29) is 0 Å². The fourth-order valence-electron chi connectivity index (χ4n) is 1.19. The van der Waals surface area contributed by atoms with Crippen molar-refractivity contribution in [3.63, 3.8) is 0 Å². The Bertz CT molecular complexity index is 320. The van der Waals surface area contributed by atoms with E-state index < -0.39 is 13.0 Å². The first kappa shape index (κ1) is 9.83. The number of aryl methyl sites for hydroxylation is 1. The third kappa shape index (κ3) is 1.91. The van der Waals surface area contributed by atoms with Gasteiger partial charge in [0.2, 0.25) is 0 Å². The van der Waals surface area contributed by atoms with Crippen LogP contribution in [0.3, 0.4) is 0 Å². The molecule has 1 aromatic rings. The SMILES string of the molecule is Cc1nn(CC(F)F)c(C)c1C=O. The van der Waals surface area contributed by atoms with Crippen LogP contribution in [0.2, 0.25) is 0 Å². The third-order valence-electron chi connectivity index (χ3n) is 1.87. The van der Waals surface area contributed by atoms with E-state index in [4.69, 9.17) is 0 Å². The number of carbonyl (C=O) groups excluding carboxylic acids is 1. The molecule has 0 saturated carbocycles. The predicted molar refractivity (Wildman–Crippen MR) is 43.1 cm³/mol. The highest BCUT2D eigenvalue weighted by molar-refractivity contribution is 5.77. The van der Waals surface area contributed by atoms with Gasteiger partial charge in [0.15, 0.2) is 6.29 Å². The van der Waals surface area contributed by atoms with Crippen LogP contribution in [0.25, 0.3) is 0 Å². The van der Waals surface area contributed by atoms with Crippen molar-refractivity contribution in [2.75, 3.05) is 0 Å². The van der Waals surface area contributed by atoms with E-state index in [1.54, 1.807) is 13.8 Å². The molecule has 0 bridgehead atoms. The van der Waals surface area contributed by atoms with Gasteiger partial charge < -0.3 is 0 Å². The fraction of sp³-hybridized carbons (Fsp3) is 0.500. The quantitative estimate of drug-likeness (QED) is 0.675. The number of halogens is 2. The molecule has 1 aromatic heterocycles. The summed E-state index contributed by atoms with van der Waals surface area (Å²) in [7, 11) is 0. The topological polar surface area (TPSA) is 34.9 Å². The second kappa shape index (κ2) is 3.64. The minimum absolute atomic E-state index is 0.403. The lowest BCUT2D eigenvalue weighted by Gasteiger charge is -2.01. The van der Waals surface area contributed by atoms with E-state index in [0.29, 0.717) is 23.2 Å². The Labute approximate surface area is 74.4 Å². The van der Waals surface area contributed by atoms with Gasteiger partial charge in [-0.05, 0) is 13.8 Å². The minimum Gasteiger partial charge on any atom is -0.298 e. The Kier molecular flexibility index (Phi) is 2.75. The molecule has 0 fully saturated rings. The Balaban J connectivity index is 3.03. The van der Waals surface area contributed by atoms with Crippen molar-refractivity contribution >= 4 is 6.29 Å². The smallest absolute Gasteiger partial charge is 0.257 e. The number of aldehydes is 1. The molecule has 1 rings (SSSR count). The first-order valence-electron chi connectivity index (χ1n) is 3.83. The Morgan fingerprint density at radius 1 is 1.54 bits per heavy atom. The molecule has 13 heavy (non-hydrogen) atoms. The molecule has 72 valence electrons. The van der Waals surface area contributed by atoms with Gasteiger partial charge in [0.1, 0.15) is 6.54 Å². The van der Waals surface area contributed by atoms with Crippen molar-refractivity contribution in [2.45, 2.75) is 26.8 Å². The summed E-state index contributed by atoms with van der Waals surface area (Å²) in [6.07, 6.45) is -1.81. The van der Waals surface area contributed by atoms with Gasteiger partial charge in [-0.25, -0.2) is 8.78 Å². The fourth-order valence-corrected chi connectivity index (χ4v) is 1.19.